The quantitative estimate of drug-likeness (QED) is 0.0903. The van der Waals surface area contributed by atoms with E-state index in [0.29, 0.717) is 6.42 Å². The van der Waals surface area contributed by atoms with Gasteiger partial charge in [0.15, 0.2) is 25.2 Å². The second-order valence-electron chi connectivity index (χ2n) is 11.9. The second-order valence-corrected chi connectivity index (χ2v) is 11.9. The first-order valence-corrected chi connectivity index (χ1v) is 15.4. The molecule has 12 N–H and O–H groups in total. The topological polar surface area (TPSA) is 317 Å². The number of ether oxygens (including phenoxy) is 8. The minimum atomic E-state index is -1.96. The smallest absolute Gasteiger partial charge is 0.187 e. The molecular weight excluding hydrogens is 644 g/mol. The minimum Gasteiger partial charge on any atom is -0.394 e. The summed E-state index contributed by atoms with van der Waals surface area (Å²) in [5.41, 5.74) is 0. The molecule has 47 heavy (non-hydrogen) atoms. The molecule has 20 atom stereocenters. The summed E-state index contributed by atoms with van der Waals surface area (Å²) < 4.78 is 43.9. The van der Waals surface area contributed by atoms with Gasteiger partial charge in [-0.1, -0.05) is 6.92 Å². The van der Waals surface area contributed by atoms with Crippen LogP contribution in [0, 0.1) is 5.92 Å². The first-order valence-electron chi connectivity index (χ1n) is 15.4. The van der Waals surface area contributed by atoms with Crippen LogP contribution in [0.1, 0.15) is 13.3 Å². The van der Waals surface area contributed by atoms with Crippen molar-refractivity contribution in [2.75, 3.05) is 33.5 Å². The third kappa shape index (κ3) is 7.92. The number of aliphatic hydroxyl groups is 12. The zero-order chi connectivity index (χ0) is 34.7. The molecule has 4 aliphatic rings. The van der Waals surface area contributed by atoms with E-state index in [0.717, 1.165) is 0 Å². The Morgan fingerprint density at radius 3 is 1.04 bits per heavy atom. The van der Waals surface area contributed by atoms with Gasteiger partial charge in [0.1, 0.15) is 79.4 Å². The van der Waals surface area contributed by atoms with Crippen LogP contribution in [0.5, 0.6) is 0 Å². The highest BCUT2D eigenvalue weighted by molar-refractivity contribution is 4.97. The number of aliphatic hydroxyl groups excluding tert-OH is 12. The van der Waals surface area contributed by atoms with E-state index in [9.17, 15) is 61.3 Å². The van der Waals surface area contributed by atoms with Gasteiger partial charge in [0.05, 0.1) is 38.6 Å². The van der Waals surface area contributed by atoms with Gasteiger partial charge in [-0.05, 0) is 6.42 Å². The summed E-state index contributed by atoms with van der Waals surface area (Å²) in [4.78, 5) is 0. The Kier molecular flexibility index (Phi) is 14.1. The van der Waals surface area contributed by atoms with Crippen LogP contribution in [0.3, 0.4) is 0 Å². The fraction of sp³-hybridized carbons (Fsp3) is 1.00. The molecule has 0 saturated carbocycles. The Hall–Kier alpha value is -0.800. The monoisotopic (exact) mass is 692 g/mol. The van der Waals surface area contributed by atoms with Gasteiger partial charge in [0.2, 0.25) is 0 Å². The van der Waals surface area contributed by atoms with Gasteiger partial charge >= 0.3 is 0 Å². The molecule has 0 bridgehead atoms. The zero-order valence-corrected chi connectivity index (χ0v) is 25.7. The molecule has 4 saturated heterocycles. The van der Waals surface area contributed by atoms with E-state index in [1.165, 1.54) is 7.11 Å². The highest BCUT2D eigenvalue weighted by atomic mass is 16.8. The molecule has 4 heterocycles. The number of methoxy groups -OCH3 is 1. The molecule has 0 aromatic heterocycles. The SMILES string of the molecule is CC[C@@H]1C(CO)O[C@@H](O[C@H]2C(O)C(O)[C@H](O[C@@H]3C(CO)O[C@@H](O[C@H]4C(O)C(O)[C@H](OC)O[C@H]4CO)C(O)[C@H]3O)O[C@H]2CO)C(O)[C@H]1O. The maximum atomic E-state index is 11.0. The molecule has 0 spiro atoms. The van der Waals surface area contributed by atoms with Gasteiger partial charge in [-0.15, -0.1) is 0 Å². The first-order chi connectivity index (χ1) is 22.4. The predicted octanol–water partition coefficient (Wildman–Crippen LogP) is -7.43. The van der Waals surface area contributed by atoms with Crippen molar-refractivity contribution in [1.29, 1.82) is 0 Å². The Labute approximate surface area is 269 Å². The maximum Gasteiger partial charge on any atom is 0.187 e. The summed E-state index contributed by atoms with van der Waals surface area (Å²) in [6, 6.07) is 0. The summed E-state index contributed by atoms with van der Waals surface area (Å²) in [5.74, 6) is -0.630. The van der Waals surface area contributed by atoms with Crippen molar-refractivity contribution < 1.29 is 99.2 Å². The second kappa shape index (κ2) is 16.9. The van der Waals surface area contributed by atoms with E-state index in [-0.39, 0.29) is 0 Å². The lowest BCUT2D eigenvalue weighted by Crippen LogP contribution is -2.67. The highest BCUT2D eigenvalue weighted by Gasteiger charge is 2.55. The van der Waals surface area contributed by atoms with Crippen LogP contribution in [-0.4, -0.2) is 212 Å². The maximum absolute atomic E-state index is 11.0. The van der Waals surface area contributed by atoms with Crippen molar-refractivity contribution in [2.24, 2.45) is 5.92 Å². The van der Waals surface area contributed by atoms with Gasteiger partial charge < -0.3 is 99.2 Å². The standard InChI is InChI=1S/C27H48O20/c1-3-8-9(4-28)41-25(17(36)13(8)32)45-22-11(6-30)43-27(19(38)15(22)34)47-23-12(7-31)44-26(20(39)16(23)35)46-21-10(5-29)42-24(40-2)18(37)14(21)33/h8-39H,3-7H2,1-2H3/t8-,9?,10+,11+,12?,13+,14?,15?,16-,17?,18?,19?,20?,21-,22-,23-,24-,25+,26+,27+/m1/s1. The van der Waals surface area contributed by atoms with Gasteiger partial charge in [-0.25, -0.2) is 0 Å². The number of rotatable bonds is 12. The van der Waals surface area contributed by atoms with Gasteiger partial charge in [0.25, 0.3) is 0 Å². The average molecular weight is 693 g/mol. The molecule has 20 heteroatoms. The van der Waals surface area contributed by atoms with Gasteiger partial charge in [-0.3, -0.25) is 0 Å². The third-order valence-corrected chi connectivity index (χ3v) is 9.07. The molecule has 0 radical (unpaired) electrons. The van der Waals surface area contributed by atoms with Crippen molar-refractivity contribution in [3.05, 3.63) is 0 Å². The molecule has 8 unspecified atom stereocenters. The van der Waals surface area contributed by atoms with E-state index in [1.807, 2.05) is 0 Å². The van der Waals surface area contributed by atoms with Crippen molar-refractivity contribution in [3.8, 4) is 0 Å². The van der Waals surface area contributed by atoms with Crippen molar-refractivity contribution in [2.45, 2.75) is 130 Å². The fourth-order valence-corrected chi connectivity index (χ4v) is 6.33. The molecular formula is C27H48O20. The lowest BCUT2D eigenvalue weighted by Gasteiger charge is -2.49. The Bertz CT molecular complexity index is 942. The van der Waals surface area contributed by atoms with Crippen LogP contribution in [0.4, 0.5) is 0 Å². The van der Waals surface area contributed by atoms with Gasteiger partial charge in [-0.2, -0.15) is 0 Å². The fourth-order valence-electron chi connectivity index (χ4n) is 6.33. The normalized spacial score (nSPS) is 51.2. The molecule has 4 rings (SSSR count). The van der Waals surface area contributed by atoms with E-state index in [4.69, 9.17) is 37.9 Å². The first kappa shape index (κ1) is 39.0. The van der Waals surface area contributed by atoms with Crippen molar-refractivity contribution in [3.63, 3.8) is 0 Å². The largest absolute Gasteiger partial charge is 0.394 e. The third-order valence-electron chi connectivity index (χ3n) is 9.07. The molecule has 0 amide bonds. The lowest BCUT2D eigenvalue weighted by molar-refractivity contribution is -0.387. The molecule has 0 aliphatic carbocycles. The number of hydrogen-bond acceptors (Lipinski definition) is 20. The molecule has 276 valence electrons. The zero-order valence-electron chi connectivity index (χ0n) is 25.7. The summed E-state index contributed by atoms with van der Waals surface area (Å²) in [5, 5.41) is 125. The Morgan fingerprint density at radius 2 is 0.723 bits per heavy atom. The Balaban J connectivity index is 1.43. The summed E-state index contributed by atoms with van der Waals surface area (Å²) in [7, 11) is 1.20. The van der Waals surface area contributed by atoms with Crippen LogP contribution in [0.25, 0.3) is 0 Å². The van der Waals surface area contributed by atoms with Crippen LogP contribution in [0.15, 0.2) is 0 Å². The van der Waals surface area contributed by atoms with Crippen molar-refractivity contribution >= 4 is 0 Å². The predicted molar refractivity (Wildman–Crippen MR) is 146 cm³/mol. The molecule has 0 aromatic carbocycles. The van der Waals surface area contributed by atoms with Crippen LogP contribution in [-0.2, 0) is 37.9 Å². The van der Waals surface area contributed by atoms with Crippen LogP contribution < -0.4 is 0 Å². The summed E-state index contributed by atoms with van der Waals surface area (Å²) >= 11 is 0. The summed E-state index contributed by atoms with van der Waals surface area (Å²) in [6.07, 6.45) is -30.1. The molecule has 0 aromatic rings. The summed E-state index contributed by atoms with van der Waals surface area (Å²) in [6.45, 7) is -1.20. The minimum absolute atomic E-state index is 0.355. The highest BCUT2D eigenvalue weighted by Crippen LogP contribution is 2.35. The van der Waals surface area contributed by atoms with E-state index in [1.54, 1.807) is 6.92 Å². The lowest BCUT2D eigenvalue weighted by atomic mass is 9.87. The molecule has 4 fully saturated rings. The van der Waals surface area contributed by atoms with Crippen molar-refractivity contribution in [1.82, 2.24) is 0 Å². The average Bonchev–Trinajstić information content (AvgIpc) is 3.07. The Morgan fingerprint density at radius 1 is 0.426 bits per heavy atom. The molecule has 20 nitrogen and oxygen atoms in total. The van der Waals surface area contributed by atoms with E-state index in [2.05, 4.69) is 0 Å². The van der Waals surface area contributed by atoms with E-state index < -0.39 is 149 Å². The van der Waals surface area contributed by atoms with E-state index >= 15 is 0 Å². The van der Waals surface area contributed by atoms with Crippen LogP contribution >= 0.6 is 0 Å². The number of hydrogen-bond donors (Lipinski definition) is 12. The van der Waals surface area contributed by atoms with Gasteiger partial charge in [0, 0.05) is 13.0 Å². The molecule has 4 aliphatic heterocycles. The van der Waals surface area contributed by atoms with Crippen LogP contribution in [0.2, 0.25) is 0 Å².